The third-order valence-electron chi connectivity index (χ3n) is 3.73. The molecule has 0 saturated carbocycles. The predicted octanol–water partition coefficient (Wildman–Crippen LogP) is 1.98. The van der Waals surface area contributed by atoms with E-state index in [2.05, 4.69) is 0 Å². The second-order valence-electron chi connectivity index (χ2n) is 5.38. The summed E-state index contributed by atoms with van der Waals surface area (Å²) in [6.45, 7) is 1.53. The molecule has 0 spiro atoms. The zero-order chi connectivity index (χ0) is 15.1. The first-order valence-electron chi connectivity index (χ1n) is 7.46. The van der Waals surface area contributed by atoms with E-state index < -0.39 is 5.97 Å². The first-order chi connectivity index (χ1) is 10.2. The van der Waals surface area contributed by atoms with Crippen molar-refractivity contribution in [1.82, 2.24) is 4.90 Å². The Bertz CT molecular complexity index is 468. The molecular weight excluding hydrogens is 268 g/mol. The summed E-state index contributed by atoms with van der Waals surface area (Å²) < 4.78 is 0. The molecule has 1 aliphatic heterocycles. The summed E-state index contributed by atoms with van der Waals surface area (Å²) in [7, 11) is 0. The van der Waals surface area contributed by atoms with Crippen LogP contribution in [0.5, 0.6) is 0 Å². The minimum atomic E-state index is -0.928. The number of amides is 1. The molecule has 1 amide bonds. The molecule has 0 radical (unpaired) electrons. The molecule has 0 aromatic heterocycles. The first kappa shape index (κ1) is 15.4. The summed E-state index contributed by atoms with van der Waals surface area (Å²) in [4.78, 5) is 26.9. The van der Waals surface area contributed by atoms with Gasteiger partial charge in [-0.2, -0.15) is 0 Å². The summed E-state index contributed by atoms with van der Waals surface area (Å²) in [6, 6.07) is 9.23. The molecule has 0 unspecified atom stereocenters. The van der Waals surface area contributed by atoms with Crippen LogP contribution >= 0.6 is 0 Å². The van der Waals surface area contributed by atoms with Crippen molar-refractivity contribution in [2.75, 3.05) is 31.1 Å². The van der Waals surface area contributed by atoms with Crippen molar-refractivity contribution in [3.05, 3.63) is 30.3 Å². The fourth-order valence-corrected chi connectivity index (χ4v) is 2.62. The van der Waals surface area contributed by atoms with E-state index in [1.54, 1.807) is 4.90 Å². The summed E-state index contributed by atoms with van der Waals surface area (Å²) in [5.41, 5.74) is 0.767. The third kappa shape index (κ3) is 4.77. The predicted molar refractivity (Wildman–Crippen MR) is 81.3 cm³/mol. The second-order valence-corrected chi connectivity index (χ2v) is 5.38. The largest absolute Gasteiger partial charge is 0.480 e. The minimum Gasteiger partial charge on any atom is -0.480 e. The Hall–Kier alpha value is -2.04. The Morgan fingerprint density at radius 1 is 1.00 bits per heavy atom. The maximum atomic E-state index is 12.4. The lowest BCUT2D eigenvalue weighted by Gasteiger charge is -2.27. The average molecular weight is 290 g/mol. The lowest BCUT2D eigenvalue weighted by molar-refractivity contribution is -0.135. The molecule has 5 nitrogen and oxygen atoms in total. The maximum absolute atomic E-state index is 12.4. The number of aliphatic carboxylic acids is 1. The van der Waals surface area contributed by atoms with Crippen LogP contribution in [-0.2, 0) is 9.59 Å². The smallest absolute Gasteiger partial charge is 0.323 e. The van der Waals surface area contributed by atoms with Crippen LogP contribution in [0.4, 0.5) is 5.69 Å². The van der Waals surface area contributed by atoms with Crippen LogP contribution in [0.2, 0.25) is 0 Å². The van der Waals surface area contributed by atoms with E-state index in [1.165, 1.54) is 12.8 Å². The van der Waals surface area contributed by atoms with Crippen molar-refractivity contribution in [1.29, 1.82) is 0 Å². The van der Waals surface area contributed by atoms with Gasteiger partial charge in [-0.25, -0.2) is 0 Å². The summed E-state index contributed by atoms with van der Waals surface area (Å²) in [6.07, 6.45) is 4.41. The maximum Gasteiger partial charge on any atom is 0.323 e. The Morgan fingerprint density at radius 3 is 2.19 bits per heavy atom. The number of benzene rings is 1. The summed E-state index contributed by atoms with van der Waals surface area (Å²) in [5.74, 6) is -0.912. The fourth-order valence-electron chi connectivity index (χ4n) is 2.62. The van der Waals surface area contributed by atoms with Crippen molar-refractivity contribution < 1.29 is 14.7 Å². The Morgan fingerprint density at radius 2 is 1.62 bits per heavy atom. The summed E-state index contributed by atoms with van der Waals surface area (Å²) >= 11 is 0. The highest BCUT2D eigenvalue weighted by Gasteiger charge is 2.20. The summed E-state index contributed by atoms with van der Waals surface area (Å²) in [5, 5.41) is 9.05. The van der Waals surface area contributed by atoms with E-state index in [4.69, 9.17) is 5.11 Å². The van der Waals surface area contributed by atoms with Crippen LogP contribution in [0.15, 0.2) is 30.3 Å². The van der Waals surface area contributed by atoms with Gasteiger partial charge in [-0.1, -0.05) is 31.0 Å². The lowest BCUT2D eigenvalue weighted by Crippen LogP contribution is -2.42. The highest BCUT2D eigenvalue weighted by Crippen LogP contribution is 2.15. The SMILES string of the molecule is O=C(O)CN(CC(=O)N1CCCCCC1)c1ccccc1. The zero-order valence-corrected chi connectivity index (χ0v) is 12.2. The van der Waals surface area contributed by atoms with Gasteiger partial charge in [-0.3, -0.25) is 9.59 Å². The molecule has 0 aliphatic carbocycles. The van der Waals surface area contributed by atoms with Crippen molar-refractivity contribution in [3.8, 4) is 0 Å². The molecule has 1 heterocycles. The van der Waals surface area contributed by atoms with Crippen LogP contribution in [0.3, 0.4) is 0 Å². The van der Waals surface area contributed by atoms with Gasteiger partial charge in [0, 0.05) is 18.8 Å². The highest BCUT2D eigenvalue weighted by atomic mass is 16.4. The Labute approximate surface area is 125 Å². The van der Waals surface area contributed by atoms with Crippen LogP contribution < -0.4 is 4.90 Å². The van der Waals surface area contributed by atoms with E-state index in [0.717, 1.165) is 31.6 Å². The highest BCUT2D eigenvalue weighted by molar-refractivity contribution is 5.84. The third-order valence-corrected chi connectivity index (χ3v) is 3.73. The molecule has 0 atom stereocenters. The molecular formula is C16H22N2O3. The van der Waals surface area contributed by atoms with Gasteiger partial charge in [0.25, 0.3) is 0 Å². The number of hydrogen-bond donors (Lipinski definition) is 1. The number of carbonyl (C=O) groups is 2. The molecule has 1 aliphatic rings. The number of para-hydroxylation sites is 1. The molecule has 5 heteroatoms. The van der Waals surface area contributed by atoms with Crippen LogP contribution in [0.25, 0.3) is 0 Å². The number of carboxylic acids is 1. The average Bonchev–Trinajstić information content (AvgIpc) is 2.76. The molecule has 114 valence electrons. The van der Waals surface area contributed by atoms with Crippen LogP contribution in [0, 0.1) is 0 Å². The minimum absolute atomic E-state index is 0.0157. The number of rotatable bonds is 5. The quantitative estimate of drug-likeness (QED) is 0.901. The number of carbonyl (C=O) groups excluding carboxylic acids is 1. The monoisotopic (exact) mass is 290 g/mol. The zero-order valence-electron chi connectivity index (χ0n) is 12.2. The van der Waals surface area contributed by atoms with Crippen molar-refractivity contribution in [2.45, 2.75) is 25.7 Å². The van der Waals surface area contributed by atoms with Gasteiger partial charge < -0.3 is 14.9 Å². The van der Waals surface area contributed by atoms with Gasteiger partial charge >= 0.3 is 5.97 Å². The molecule has 21 heavy (non-hydrogen) atoms. The number of nitrogens with zero attached hydrogens (tertiary/aromatic N) is 2. The molecule has 1 fully saturated rings. The van der Waals surface area contributed by atoms with E-state index >= 15 is 0 Å². The van der Waals surface area contributed by atoms with E-state index in [1.807, 2.05) is 35.2 Å². The normalized spacial score (nSPS) is 15.3. The van der Waals surface area contributed by atoms with Crippen LogP contribution in [-0.4, -0.2) is 48.1 Å². The molecule has 1 N–H and O–H groups in total. The van der Waals surface area contributed by atoms with Crippen molar-refractivity contribution in [3.63, 3.8) is 0 Å². The second kappa shape index (κ2) is 7.67. The number of hydrogen-bond acceptors (Lipinski definition) is 3. The van der Waals surface area contributed by atoms with Gasteiger partial charge in [0.2, 0.25) is 5.91 Å². The number of anilines is 1. The van der Waals surface area contributed by atoms with Crippen molar-refractivity contribution >= 4 is 17.6 Å². The van der Waals surface area contributed by atoms with Gasteiger partial charge in [0.05, 0.1) is 6.54 Å². The van der Waals surface area contributed by atoms with Gasteiger partial charge in [0.1, 0.15) is 6.54 Å². The number of carboxylic acid groups (broad SMARTS) is 1. The van der Waals surface area contributed by atoms with Crippen LogP contribution in [0.1, 0.15) is 25.7 Å². The van der Waals surface area contributed by atoms with E-state index in [-0.39, 0.29) is 19.0 Å². The molecule has 1 aromatic rings. The first-order valence-corrected chi connectivity index (χ1v) is 7.46. The molecule has 1 aromatic carbocycles. The van der Waals surface area contributed by atoms with Crippen molar-refractivity contribution in [2.24, 2.45) is 0 Å². The molecule has 0 bridgehead atoms. The number of likely N-dealkylation sites (tertiary alicyclic amines) is 1. The van der Waals surface area contributed by atoms with E-state index in [9.17, 15) is 9.59 Å². The van der Waals surface area contributed by atoms with Gasteiger partial charge in [0.15, 0.2) is 0 Å². The fraction of sp³-hybridized carbons (Fsp3) is 0.500. The lowest BCUT2D eigenvalue weighted by atomic mass is 10.2. The van der Waals surface area contributed by atoms with Gasteiger partial charge in [-0.15, -0.1) is 0 Å². The Kier molecular flexibility index (Phi) is 5.60. The topological polar surface area (TPSA) is 60.9 Å². The van der Waals surface area contributed by atoms with E-state index in [0.29, 0.717) is 0 Å². The molecule has 1 saturated heterocycles. The van der Waals surface area contributed by atoms with Gasteiger partial charge in [-0.05, 0) is 25.0 Å². The molecule has 2 rings (SSSR count). The Balaban J connectivity index is 2.03. The standard InChI is InChI=1S/C16H22N2O3/c19-15(17-10-6-1-2-7-11-17)12-18(13-16(20)21)14-8-4-3-5-9-14/h3-5,8-9H,1-2,6-7,10-13H2,(H,20,21).